The molecule has 3 aromatic rings. The Bertz CT molecular complexity index is 797. The SMILES string of the molecule is CC(C)(C)NC(=O)c1cc(-c2ccco2)nn1-c1ccccc1. The van der Waals surface area contributed by atoms with Crippen LogP contribution < -0.4 is 5.32 Å². The van der Waals surface area contributed by atoms with E-state index in [9.17, 15) is 4.79 Å². The van der Waals surface area contributed by atoms with Gasteiger partial charge in [-0.05, 0) is 45.0 Å². The maximum Gasteiger partial charge on any atom is 0.270 e. The summed E-state index contributed by atoms with van der Waals surface area (Å²) in [5, 5.41) is 7.51. The van der Waals surface area contributed by atoms with Crippen LogP contribution in [0.3, 0.4) is 0 Å². The van der Waals surface area contributed by atoms with Gasteiger partial charge in [-0.15, -0.1) is 0 Å². The summed E-state index contributed by atoms with van der Waals surface area (Å²) >= 11 is 0. The van der Waals surface area contributed by atoms with E-state index < -0.39 is 0 Å². The molecule has 1 N–H and O–H groups in total. The number of aromatic nitrogens is 2. The maximum atomic E-state index is 12.6. The first-order chi connectivity index (χ1) is 10.9. The molecule has 0 unspecified atom stereocenters. The fourth-order valence-electron chi connectivity index (χ4n) is 2.26. The Morgan fingerprint density at radius 3 is 2.48 bits per heavy atom. The molecule has 0 aliphatic carbocycles. The zero-order valence-electron chi connectivity index (χ0n) is 13.4. The quantitative estimate of drug-likeness (QED) is 0.803. The third-order valence-electron chi connectivity index (χ3n) is 3.20. The summed E-state index contributed by atoms with van der Waals surface area (Å²) in [5.74, 6) is 0.455. The molecule has 1 amide bonds. The molecule has 0 bridgehead atoms. The first-order valence-corrected chi connectivity index (χ1v) is 7.46. The molecule has 3 rings (SSSR count). The average molecular weight is 309 g/mol. The largest absolute Gasteiger partial charge is 0.463 e. The highest BCUT2D eigenvalue weighted by Gasteiger charge is 2.22. The highest BCUT2D eigenvalue weighted by Crippen LogP contribution is 2.22. The monoisotopic (exact) mass is 309 g/mol. The van der Waals surface area contributed by atoms with Gasteiger partial charge in [0.25, 0.3) is 5.91 Å². The Kier molecular flexibility index (Phi) is 3.78. The lowest BCUT2D eigenvalue weighted by molar-refractivity contribution is 0.0911. The first kappa shape index (κ1) is 15.1. The van der Waals surface area contributed by atoms with Gasteiger partial charge >= 0.3 is 0 Å². The third-order valence-corrected chi connectivity index (χ3v) is 3.20. The van der Waals surface area contributed by atoms with E-state index in [0.717, 1.165) is 5.69 Å². The number of para-hydroxylation sites is 1. The molecule has 0 atom stereocenters. The number of amides is 1. The van der Waals surface area contributed by atoms with Crippen molar-refractivity contribution in [1.29, 1.82) is 0 Å². The van der Waals surface area contributed by atoms with Gasteiger partial charge in [-0.25, -0.2) is 4.68 Å². The van der Waals surface area contributed by atoms with E-state index in [1.54, 1.807) is 23.1 Å². The number of benzene rings is 1. The van der Waals surface area contributed by atoms with Crippen LogP contribution in [0.5, 0.6) is 0 Å². The number of nitrogens with one attached hydrogen (secondary N) is 1. The molecule has 2 aromatic heterocycles. The van der Waals surface area contributed by atoms with Crippen molar-refractivity contribution in [3.63, 3.8) is 0 Å². The van der Waals surface area contributed by atoms with Crippen LogP contribution in [-0.4, -0.2) is 21.2 Å². The molecule has 23 heavy (non-hydrogen) atoms. The highest BCUT2D eigenvalue weighted by atomic mass is 16.3. The van der Waals surface area contributed by atoms with E-state index in [0.29, 0.717) is 17.1 Å². The lowest BCUT2D eigenvalue weighted by Gasteiger charge is -2.20. The average Bonchev–Trinajstić information content (AvgIpc) is 3.15. The molecule has 2 heterocycles. The Balaban J connectivity index is 2.07. The molecule has 0 fully saturated rings. The number of furan rings is 1. The Labute approximate surface area is 134 Å². The summed E-state index contributed by atoms with van der Waals surface area (Å²) in [4.78, 5) is 12.6. The summed E-state index contributed by atoms with van der Waals surface area (Å²) in [6, 6.07) is 14.9. The predicted molar refractivity (Wildman–Crippen MR) is 88.5 cm³/mol. The Morgan fingerprint density at radius 2 is 1.87 bits per heavy atom. The second-order valence-corrected chi connectivity index (χ2v) is 6.34. The normalized spacial score (nSPS) is 11.4. The number of rotatable bonds is 3. The van der Waals surface area contributed by atoms with E-state index in [1.807, 2.05) is 57.2 Å². The predicted octanol–water partition coefficient (Wildman–Crippen LogP) is 3.66. The summed E-state index contributed by atoms with van der Waals surface area (Å²) < 4.78 is 7.03. The van der Waals surface area contributed by atoms with Crippen LogP contribution in [0.1, 0.15) is 31.3 Å². The molecule has 0 aliphatic rings. The summed E-state index contributed by atoms with van der Waals surface area (Å²) in [7, 11) is 0. The van der Waals surface area contributed by atoms with E-state index in [2.05, 4.69) is 10.4 Å². The van der Waals surface area contributed by atoms with Gasteiger partial charge in [0.15, 0.2) is 5.76 Å². The Morgan fingerprint density at radius 1 is 1.13 bits per heavy atom. The van der Waals surface area contributed by atoms with Gasteiger partial charge in [0.1, 0.15) is 11.4 Å². The molecular formula is C18H19N3O2. The number of carbonyl (C=O) groups excluding carboxylic acids is 1. The second kappa shape index (κ2) is 5.76. The van der Waals surface area contributed by atoms with Crippen molar-refractivity contribution in [2.75, 3.05) is 0 Å². The van der Waals surface area contributed by atoms with Crippen molar-refractivity contribution < 1.29 is 9.21 Å². The third kappa shape index (κ3) is 3.34. The standard InChI is InChI=1S/C18H19N3O2/c1-18(2,3)19-17(22)15-12-14(16-10-7-11-23-16)20-21(15)13-8-5-4-6-9-13/h4-12H,1-3H3,(H,19,22). The lowest BCUT2D eigenvalue weighted by atomic mass is 10.1. The van der Waals surface area contributed by atoms with E-state index in [-0.39, 0.29) is 11.4 Å². The van der Waals surface area contributed by atoms with Crippen LogP contribution in [0.4, 0.5) is 0 Å². The molecule has 5 nitrogen and oxygen atoms in total. The summed E-state index contributed by atoms with van der Waals surface area (Å²) in [6.45, 7) is 5.84. The zero-order valence-corrected chi connectivity index (χ0v) is 13.4. The minimum atomic E-state index is -0.326. The topological polar surface area (TPSA) is 60.1 Å². The number of hydrogen-bond acceptors (Lipinski definition) is 3. The fraction of sp³-hybridized carbons (Fsp3) is 0.222. The number of nitrogens with zero attached hydrogens (tertiary/aromatic N) is 2. The van der Waals surface area contributed by atoms with Gasteiger partial charge in [-0.1, -0.05) is 18.2 Å². The van der Waals surface area contributed by atoms with E-state index in [1.165, 1.54) is 0 Å². The van der Waals surface area contributed by atoms with Crippen molar-refractivity contribution in [3.8, 4) is 17.1 Å². The molecular weight excluding hydrogens is 290 g/mol. The van der Waals surface area contributed by atoms with Crippen LogP contribution >= 0.6 is 0 Å². The maximum absolute atomic E-state index is 12.6. The molecule has 0 saturated heterocycles. The fourth-order valence-corrected chi connectivity index (χ4v) is 2.26. The summed E-state index contributed by atoms with van der Waals surface area (Å²) in [5.41, 5.74) is 1.59. The first-order valence-electron chi connectivity index (χ1n) is 7.46. The van der Waals surface area contributed by atoms with Crippen molar-refractivity contribution in [2.45, 2.75) is 26.3 Å². The minimum Gasteiger partial charge on any atom is -0.463 e. The van der Waals surface area contributed by atoms with Crippen LogP contribution in [-0.2, 0) is 0 Å². The van der Waals surface area contributed by atoms with Crippen molar-refractivity contribution in [3.05, 3.63) is 60.5 Å². The second-order valence-electron chi connectivity index (χ2n) is 6.34. The van der Waals surface area contributed by atoms with Crippen molar-refractivity contribution >= 4 is 5.91 Å². The lowest BCUT2D eigenvalue weighted by Crippen LogP contribution is -2.41. The van der Waals surface area contributed by atoms with Crippen LogP contribution in [0.15, 0.2) is 59.2 Å². The van der Waals surface area contributed by atoms with Crippen LogP contribution in [0, 0.1) is 0 Å². The van der Waals surface area contributed by atoms with Crippen molar-refractivity contribution in [1.82, 2.24) is 15.1 Å². The Hall–Kier alpha value is -2.82. The molecule has 0 radical (unpaired) electrons. The van der Waals surface area contributed by atoms with E-state index in [4.69, 9.17) is 4.42 Å². The smallest absolute Gasteiger partial charge is 0.270 e. The molecule has 118 valence electrons. The van der Waals surface area contributed by atoms with Gasteiger partial charge in [-0.3, -0.25) is 4.79 Å². The molecule has 0 spiro atoms. The van der Waals surface area contributed by atoms with Gasteiger partial charge < -0.3 is 9.73 Å². The van der Waals surface area contributed by atoms with Gasteiger partial charge in [-0.2, -0.15) is 5.10 Å². The van der Waals surface area contributed by atoms with Crippen LogP contribution in [0.25, 0.3) is 17.1 Å². The molecule has 1 aromatic carbocycles. The van der Waals surface area contributed by atoms with Gasteiger partial charge in [0.2, 0.25) is 0 Å². The van der Waals surface area contributed by atoms with Crippen molar-refractivity contribution in [2.24, 2.45) is 0 Å². The number of hydrogen-bond donors (Lipinski definition) is 1. The van der Waals surface area contributed by atoms with Gasteiger partial charge in [0.05, 0.1) is 12.0 Å². The molecule has 0 saturated carbocycles. The zero-order chi connectivity index (χ0) is 16.4. The minimum absolute atomic E-state index is 0.174. The number of carbonyl (C=O) groups is 1. The summed E-state index contributed by atoms with van der Waals surface area (Å²) in [6.07, 6.45) is 1.59. The molecule has 0 aliphatic heterocycles. The highest BCUT2D eigenvalue weighted by molar-refractivity contribution is 5.94. The van der Waals surface area contributed by atoms with Crippen LogP contribution in [0.2, 0.25) is 0 Å². The molecule has 5 heteroatoms. The van der Waals surface area contributed by atoms with E-state index >= 15 is 0 Å². The van der Waals surface area contributed by atoms with Gasteiger partial charge in [0, 0.05) is 11.6 Å².